The van der Waals surface area contributed by atoms with Crippen molar-refractivity contribution in [2.24, 2.45) is 28.6 Å². The first kappa shape index (κ1) is 18.3. The Bertz CT molecular complexity index is 333. The monoisotopic (exact) mass is 309 g/mol. The molecule has 0 aromatic rings. The molecular weight excluding hydrogens is 270 g/mol. The third-order valence-corrected chi connectivity index (χ3v) is 6.44. The lowest BCUT2D eigenvalue weighted by Crippen LogP contribution is -2.54. The lowest BCUT2D eigenvalue weighted by Gasteiger charge is -2.52. The minimum absolute atomic E-state index is 0.153. The number of aliphatic hydroxyl groups excluding tert-OH is 1. The molecule has 0 bridgehead atoms. The van der Waals surface area contributed by atoms with Crippen LogP contribution in [0.2, 0.25) is 0 Å². The molecule has 2 nitrogen and oxygen atoms in total. The molecule has 1 N–H and O–H groups in total. The summed E-state index contributed by atoms with van der Waals surface area (Å²) in [6, 6.07) is 0.671. The van der Waals surface area contributed by atoms with Gasteiger partial charge in [0, 0.05) is 6.04 Å². The van der Waals surface area contributed by atoms with E-state index in [9.17, 15) is 5.11 Å². The normalized spacial score (nSPS) is 36.5. The molecule has 0 spiro atoms. The molecule has 0 radical (unpaired) electrons. The van der Waals surface area contributed by atoms with Crippen molar-refractivity contribution < 1.29 is 5.11 Å². The number of hydrogen-bond donors (Lipinski definition) is 1. The van der Waals surface area contributed by atoms with Crippen molar-refractivity contribution in [2.75, 3.05) is 13.1 Å². The van der Waals surface area contributed by atoms with E-state index in [1.54, 1.807) is 0 Å². The zero-order chi connectivity index (χ0) is 16.7. The molecule has 0 amide bonds. The number of rotatable bonds is 1. The summed E-state index contributed by atoms with van der Waals surface area (Å²) in [6.45, 7) is 18.7. The van der Waals surface area contributed by atoms with E-state index in [1.807, 2.05) is 0 Å². The van der Waals surface area contributed by atoms with Crippen molar-refractivity contribution in [1.82, 2.24) is 4.90 Å². The number of nitrogens with zero attached hydrogens (tertiary/aromatic N) is 1. The van der Waals surface area contributed by atoms with Crippen LogP contribution in [0.25, 0.3) is 0 Å². The van der Waals surface area contributed by atoms with Crippen LogP contribution < -0.4 is 0 Å². The molecule has 1 aliphatic heterocycles. The maximum atomic E-state index is 11.0. The molecule has 1 saturated heterocycles. The highest BCUT2D eigenvalue weighted by Crippen LogP contribution is 2.47. The quantitative estimate of drug-likeness (QED) is 0.767. The van der Waals surface area contributed by atoms with Gasteiger partial charge < -0.3 is 10.0 Å². The van der Waals surface area contributed by atoms with Gasteiger partial charge in [-0.3, -0.25) is 0 Å². The van der Waals surface area contributed by atoms with Gasteiger partial charge in [0.1, 0.15) is 0 Å². The van der Waals surface area contributed by atoms with Gasteiger partial charge in [-0.15, -0.1) is 0 Å². The van der Waals surface area contributed by atoms with Crippen LogP contribution in [0.1, 0.15) is 74.1 Å². The van der Waals surface area contributed by atoms with E-state index in [0.717, 1.165) is 5.92 Å². The summed E-state index contributed by atoms with van der Waals surface area (Å²) in [4.78, 5) is 2.74. The minimum atomic E-state index is -0.153. The smallest absolute Gasteiger partial charge is 0.0607 e. The van der Waals surface area contributed by atoms with Crippen molar-refractivity contribution in [3.05, 3.63) is 0 Å². The fourth-order valence-electron chi connectivity index (χ4n) is 4.67. The van der Waals surface area contributed by atoms with Crippen molar-refractivity contribution in [3.8, 4) is 0 Å². The van der Waals surface area contributed by atoms with Crippen LogP contribution in [0.15, 0.2) is 0 Å². The standard InChI is InChI=1S/C20H39NO/c1-14-8-10-21(11-9-14)15-12-16(19(2,3)4)18(22)17(13-15)20(5,6)7/h14-18,22H,8-13H2,1-7H3. The van der Waals surface area contributed by atoms with E-state index in [1.165, 1.54) is 38.8 Å². The van der Waals surface area contributed by atoms with E-state index < -0.39 is 0 Å². The first-order chi connectivity index (χ1) is 10.00. The van der Waals surface area contributed by atoms with Gasteiger partial charge in [0.15, 0.2) is 0 Å². The van der Waals surface area contributed by atoms with Crippen molar-refractivity contribution in [3.63, 3.8) is 0 Å². The van der Waals surface area contributed by atoms with Crippen LogP contribution in [0, 0.1) is 28.6 Å². The van der Waals surface area contributed by atoms with E-state index in [-0.39, 0.29) is 16.9 Å². The van der Waals surface area contributed by atoms with Gasteiger partial charge >= 0.3 is 0 Å². The Morgan fingerprint density at radius 2 is 1.23 bits per heavy atom. The largest absolute Gasteiger partial charge is 0.393 e. The molecule has 2 rings (SSSR count). The van der Waals surface area contributed by atoms with Gasteiger partial charge in [0.2, 0.25) is 0 Å². The van der Waals surface area contributed by atoms with Crippen molar-refractivity contribution >= 4 is 0 Å². The Kier molecular flexibility index (Phi) is 5.34. The van der Waals surface area contributed by atoms with Gasteiger partial charge in [-0.1, -0.05) is 48.5 Å². The average molecular weight is 310 g/mol. The summed E-state index contributed by atoms with van der Waals surface area (Å²) >= 11 is 0. The summed E-state index contributed by atoms with van der Waals surface area (Å²) in [6.07, 6.45) is 4.88. The van der Waals surface area contributed by atoms with Crippen LogP contribution in [-0.2, 0) is 0 Å². The summed E-state index contributed by atoms with van der Waals surface area (Å²) in [5.74, 6) is 1.71. The first-order valence-electron chi connectivity index (χ1n) is 9.42. The van der Waals surface area contributed by atoms with Crippen molar-refractivity contribution in [1.29, 1.82) is 0 Å². The molecule has 2 fully saturated rings. The Labute approximate surface area is 138 Å². The Balaban J connectivity index is 2.17. The average Bonchev–Trinajstić information content (AvgIpc) is 2.37. The Hall–Kier alpha value is -0.0800. The number of hydrogen-bond acceptors (Lipinski definition) is 2. The Morgan fingerprint density at radius 1 is 0.818 bits per heavy atom. The second-order valence-electron chi connectivity index (χ2n) is 10.3. The summed E-state index contributed by atoms with van der Waals surface area (Å²) < 4.78 is 0. The molecule has 1 saturated carbocycles. The lowest BCUT2D eigenvalue weighted by atomic mass is 9.60. The van der Waals surface area contributed by atoms with Gasteiger partial charge in [-0.25, -0.2) is 0 Å². The molecule has 2 atom stereocenters. The topological polar surface area (TPSA) is 23.5 Å². The number of aliphatic hydroxyl groups is 1. The fourth-order valence-corrected chi connectivity index (χ4v) is 4.67. The van der Waals surface area contributed by atoms with E-state index in [2.05, 4.69) is 53.4 Å². The van der Waals surface area contributed by atoms with Crippen LogP contribution in [0.3, 0.4) is 0 Å². The molecule has 2 aliphatic rings. The highest BCUT2D eigenvalue weighted by molar-refractivity contribution is 4.98. The van der Waals surface area contributed by atoms with E-state index in [4.69, 9.17) is 0 Å². The van der Waals surface area contributed by atoms with Crippen LogP contribution in [0.5, 0.6) is 0 Å². The van der Waals surface area contributed by atoms with Crippen LogP contribution in [-0.4, -0.2) is 35.2 Å². The fraction of sp³-hybridized carbons (Fsp3) is 1.00. The third kappa shape index (κ3) is 4.06. The van der Waals surface area contributed by atoms with E-state index >= 15 is 0 Å². The molecule has 130 valence electrons. The molecular formula is C20H39NO. The first-order valence-corrected chi connectivity index (χ1v) is 9.42. The van der Waals surface area contributed by atoms with Crippen molar-refractivity contribution in [2.45, 2.75) is 86.3 Å². The van der Waals surface area contributed by atoms with Gasteiger partial charge in [0.25, 0.3) is 0 Å². The minimum Gasteiger partial charge on any atom is -0.393 e. The maximum Gasteiger partial charge on any atom is 0.0607 e. The molecule has 1 heterocycles. The number of likely N-dealkylation sites (tertiary alicyclic amines) is 1. The third-order valence-electron chi connectivity index (χ3n) is 6.44. The molecule has 1 aliphatic carbocycles. The predicted molar refractivity (Wildman–Crippen MR) is 94.9 cm³/mol. The highest BCUT2D eigenvalue weighted by atomic mass is 16.3. The van der Waals surface area contributed by atoms with Crippen LogP contribution >= 0.6 is 0 Å². The zero-order valence-corrected chi connectivity index (χ0v) is 16.0. The van der Waals surface area contributed by atoms with Gasteiger partial charge in [-0.05, 0) is 67.4 Å². The second-order valence-corrected chi connectivity index (χ2v) is 10.3. The summed E-state index contributed by atoms with van der Waals surface area (Å²) in [7, 11) is 0. The second kappa shape index (κ2) is 6.43. The molecule has 22 heavy (non-hydrogen) atoms. The number of piperidine rings is 1. The molecule has 0 aromatic heterocycles. The van der Waals surface area contributed by atoms with Crippen LogP contribution in [0.4, 0.5) is 0 Å². The van der Waals surface area contributed by atoms with Gasteiger partial charge in [0.05, 0.1) is 6.10 Å². The molecule has 2 heteroatoms. The molecule has 0 aromatic carbocycles. The van der Waals surface area contributed by atoms with E-state index in [0.29, 0.717) is 17.9 Å². The molecule has 2 unspecified atom stereocenters. The predicted octanol–water partition coefficient (Wildman–Crippen LogP) is 4.57. The zero-order valence-electron chi connectivity index (χ0n) is 16.0. The highest BCUT2D eigenvalue weighted by Gasteiger charge is 2.47. The summed E-state index contributed by atoms with van der Waals surface area (Å²) in [5.41, 5.74) is 0.370. The lowest BCUT2D eigenvalue weighted by molar-refractivity contribution is -0.0949. The summed E-state index contributed by atoms with van der Waals surface area (Å²) in [5, 5.41) is 11.0. The SMILES string of the molecule is CC1CCN(C2CC(C(C)(C)C)C(O)C(C(C)(C)C)C2)CC1. The Morgan fingerprint density at radius 3 is 1.59 bits per heavy atom. The van der Waals surface area contributed by atoms with Gasteiger partial charge in [-0.2, -0.15) is 0 Å². The maximum absolute atomic E-state index is 11.0.